The third-order valence-electron chi connectivity index (χ3n) is 4.97. The van der Waals surface area contributed by atoms with E-state index < -0.39 is 5.97 Å². The van der Waals surface area contributed by atoms with Gasteiger partial charge in [0.1, 0.15) is 5.00 Å². The van der Waals surface area contributed by atoms with Crippen LogP contribution < -0.4 is 14.8 Å². The number of benzene rings is 2. The lowest BCUT2D eigenvalue weighted by molar-refractivity contribution is -0.115. The average molecular weight is 438 g/mol. The zero-order valence-corrected chi connectivity index (χ0v) is 18.2. The summed E-state index contributed by atoms with van der Waals surface area (Å²) in [5.41, 5.74) is 3.16. The Kier molecular flexibility index (Phi) is 6.23. The van der Waals surface area contributed by atoms with E-state index >= 15 is 0 Å². The van der Waals surface area contributed by atoms with Crippen molar-refractivity contribution in [1.29, 1.82) is 0 Å². The van der Waals surface area contributed by atoms with E-state index in [0.29, 0.717) is 28.5 Å². The minimum Gasteiger partial charge on any atom is -0.462 e. The summed E-state index contributed by atoms with van der Waals surface area (Å²) in [6, 6.07) is 15.2. The van der Waals surface area contributed by atoms with Gasteiger partial charge in [0.05, 0.1) is 18.6 Å². The van der Waals surface area contributed by atoms with E-state index in [1.165, 1.54) is 11.3 Å². The first kappa shape index (κ1) is 20.9. The Morgan fingerprint density at radius 1 is 1.06 bits per heavy atom. The molecule has 3 aromatic rings. The van der Waals surface area contributed by atoms with Crippen LogP contribution in [0.2, 0.25) is 0 Å². The molecule has 7 heteroatoms. The van der Waals surface area contributed by atoms with Crippen LogP contribution in [0.15, 0.2) is 48.5 Å². The Hall–Kier alpha value is -3.32. The molecule has 160 valence electrons. The van der Waals surface area contributed by atoms with E-state index in [1.54, 1.807) is 6.92 Å². The second-order valence-electron chi connectivity index (χ2n) is 7.14. The fourth-order valence-electron chi connectivity index (χ4n) is 3.51. The van der Waals surface area contributed by atoms with E-state index in [1.807, 2.05) is 55.5 Å². The van der Waals surface area contributed by atoms with Crippen molar-refractivity contribution in [2.45, 2.75) is 26.7 Å². The predicted molar refractivity (Wildman–Crippen MR) is 119 cm³/mol. The normalized spacial score (nSPS) is 11.9. The number of anilines is 1. The van der Waals surface area contributed by atoms with Gasteiger partial charge in [-0.25, -0.2) is 4.79 Å². The molecule has 0 atom stereocenters. The molecule has 0 aliphatic carbocycles. The summed E-state index contributed by atoms with van der Waals surface area (Å²) >= 11 is 1.39. The first-order chi connectivity index (χ1) is 15.0. The van der Waals surface area contributed by atoms with Gasteiger partial charge in [0, 0.05) is 4.88 Å². The highest BCUT2D eigenvalue weighted by atomic mass is 32.1. The molecule has 0 radical (unpaired) electrons. The number of aryl methyl sites for hydroxylation is 1. The number of carbonyl (C=O) groups is 2. The molecule has 6 nitrogen and oxygen atoms in total. The molecule has 0 saturated heterocycles. The SMILES string of the molecule is CCOC(=O)c1c(NC(=O)Cc2ccccc2)sc(C)c1Cc1ccc2c(c1)OCO2. The molecular weight excluding hydrogens is 414 g/mol. The number of rotatable bonds is 7. The van der Waals surface area contributed by atoms with Crippen molar-refractivity contribution in [3.8, 4) is 11.5 Å². The van der Waals surface area contributed by atoms with Crippen LogP contribution in [0.4, 0.5) is 5.00 Å². The van der Waals surface area contributed by atoms with Gasteiger partial charge in [0.2, 0.25) is 12.7 Å². The number of thiophene rings is 1. The molecule has 0 saturated carbocycles. The Balaban J connectivity index is 1.61. The van der Waals surface area contributed by atoms with Gasteiger partial charge in [0.15, 0.2) is 11.5 Å². The van der Waals surface area contributed by atoms with Gasteiger partial charge in [-0.2, -0.15) is 0 Å². The molecule has 31 heavy (non-hydrogen) atoms. The maximum Gasteiger partial charge on any atom is 0.341 e. The minimum atomic E-state index is -0.433. The Morgan fingerprint density at radius 2 is 1.84 bits per heavy atom. The number of hydrogen-bond acceptors (Lipinski definition) is 6. The van der Waals surface area contributed by atoms with E-state index in [-0.39, 0.29) is 25.7 Å². The highest BCUT2D eigenvalue weighted by molar-refractivity contribution is 7.16. The maximum atomic E-state index is 12.8. The number of ether oxygens (including phenoxy) is 3. The summed E-state index contributed by atoms with van der Waals surface area (Å²) in [5, 5.41) is 3.44. The van der Waals surface area contributed by atoms with E-state index in [9.17, 15) is 9.59 Å². The number of esters is 1. The van der Waals surface area contributed by atoms with Crippen molar-refractivity contribution in [1.82, 2.24) is 0 Å². The third kappa shape index (κ3) is 4.72. The summed E-state index contributed by atoms with van der Waals surface area (Å²) in [7, 11) is 0. The molecule has 1 aliphatic heterocycles. The van der Waals surface area contributed by atoms with Gasteiger partial charge >= 0.3 is 5.97 Å². The second kappa shape index (κ2) is 9.22. The summed E-state index contributed by atoms with van der Waals surface area (Å²) in [5.74, 6) is 0.801. The van der Waals surface area contributed by atoms with E-state index in [4.69, 9.17) is 14.2 Å². The first-order valence-electron chi connectivity index (χ1n) is 10.1. The molecule has 1 aliphatic rings. The smallest absolute Gasteiger partial charge is 0.341 e. The van der Waals surface area contributed by atoms with Crippen LogP contribution in [0.25, 0.3) is 0 Å². The summed E-state index contributed by atoms with van der Waals surface area (Å²) in [4.78, 5) is 26.4. The van der Waals surface area contributed by atoms with Crippen molar-refractivity contribution < 1.29 is 23.8 Å². The molecule has 2 heterocycles. The first-order valence-corrected chi connectivity index (χ1v) is 10.9. The number of carbonyl (C=O) groups excluding carboxylic acids is 2. The summed E-state index contributed by atoms with van der Waals surface area (Å²) in [6.45, 7) is 4.18. The zero-order chi connectivity index (χ0) is 21.8. The molecule has 1 N–H and O–H groups in total. The number of nitrogens with one attached hydrogen (secondary N) is 1. The number of fused-ring (bicyclic) bond motifs is 1. The Bertz CT molecular complexity index is 1110. The maximum absolute atomic E-state index is 12.8. The minimum absolute atomic E-state index is 0.173. The van der Waals surface area contributed by atoms with E-state index in [0.717, 1.165) is 21.6 Å². The molecule has 1 aromatic heterocycles. The molecule has 4 rings (SSSR count). The van der Waals surface area contributed by atoms with Crippen LogP contribution in [0.5, 0.6) is 11.5 Å². The van der Waals surface area contributed by atoms with Crippen LogP contribution in [0.3, 0.4) is 0 Å². The molecule has 2 aromatic carbocycles. The van der Waals surface area contributed by atoms with Gasteiger partial charge in [-0.3, -0.25) is 4.79 Å². The van der Waals surface area contributed by atoms with Crippen molar-refractivity contribution in [3.63, 3.8) is 0 Å². The molecule has 0 unspecified atom stereocenters. The van der Waals surface area contributed by atoms with Crippen molar-refractivity contribution in [2.75, 3.05) is 18.7 Å². The monoisotopic (exact) mass is 437 g/mol. The molecule has 0 fully saturated rings. The molecule has 1 amide bonds. The topological polar surface area (TPSA) is 73.9 Å². The van der Waals surface area contributed by atoms with Gasteiger partial charge in [-0.05, 0) is 49.1 Å². The van der Waals surface area contributed by atoms with Gasteiger partial charge < -0.3 is 19.5 Å². The van der Waals surface area contributed by atoms with Crippen LogP contribution >= 0.6 is 11.3 Å². The van der Waals surface area contributed by atoms with Crippen molar-refractivity contribution >= 4 is 28.2 Å². The number of amides is 1. The fraction of sp³-hybridized carbons (Fsp3) is 0.250. The standard InChI is InChI=1S/C24H23NO5S/c1-3-28-24(27)22-18(11-17-9-10-19-20(12-17)30-14-29-19)15(2)31-23(22)25-21(26)13-16-7-5-4-6-8-16/h4-10,12H,3,11,13-14H2,1-2H3,(H,25,26). The van der Waals surface area contributed by atoms with Crippen molar-refractivity contribution in [3.05, 3.63) is 75.7 Å². The fourth-order valence-corrected chi connectivity index (χ4v) is 4.58. The second-order valence-corrected chi connectivity index (χ2v) is 8.36. The predicted octanol–water partition coefficient (Wildman–Crippen LogP) is 4.73. The van der Waals surface area contributed by atoms with Crippen molar-refractivity contribution in [2.24, 2.45) is 0 Å². The summed E-state index contributed by atoms with van der Waals surface area (Å²) < 4.78 is 16.2. The van der Waals surface area contributed by atoms with Crippen LogP contribution in [0, 0.1) is 6.92 Å². The van der Waals surface area contributed by atoms with Crippen LogP contribution in [-0.4, -0.2) is 25.3 Å². The van der Waals surface area contributed by atoms with Gasteiger partial charge in [-0.15, -0.1) is 11.3 Å². The largest absolute Gasteiger partial charge is 0.462 e. The van der Waals surface area contributed by atoms with Gasteiger partial charge in [-0.1, -0.05) is 36.4 Å². The average Bonchev–Trinajstić information content (AvgIpc) is 3.33. The lowest BCUT2D eigenvalue weighted by Crippen LogP contribution is -2.17. The highest BCUT2D eigenvalue weighted by Crippen LogP contribution is 2.37. The molecule has 0 spiro atoms. The Morgan fingerprint density at radius 3 is 2.61 bits per heavy atom. The zero-order valence-electron chi connectivity index (χ0n) is 17.4. The quantitative estimate of drug-likeness (QED) is 0.541. The Labute approximate surface area is 184 Å². The van der Waals surface area contributed by atoms with Crippen LogP contribution in [0.1, 0.15) is 38.8 Å². The number of hydrogen-bond donors (Lipinski definition) is 1. The lowest BCUT2D eigenvalue weighted by atomic mass is 10.0. The molecular formula is C24H23NO5S. The highest BCUT2D eigenvalue weighted by Gasteiger charge is 2.25. The third-order valence-corrected chi connectivity index (χ3v) is 6.03. The lowest BCUT2D eigenvalue weighted by Gasteiger charge is -2.10. The van der Waals surface area contributed by atoms with Gasteiger partial charge in [0.25, 0.3) is 0 Å². The summed E-state index contributed by atoms with van der Waals surface area (Å²) in [6.07, 6.45) is 0.749. The van der Waals surface area contributed by atoms with E-state index in [2.05, 4.69) is 5.32 Å². The molecule has 0 bridgehead atoms. The van der Waals surface area contributed by atoms with Crippen LogP contribution in [-0.2, 0) is 22.4 Å².